The Morgan fingerprint density at radius 1 is 0.368 bits per heavy atom. The van der Waals surface area contributed by atoms with Crippen LogP contribution in [0.15, 0.2) is 140 Å². The third-order valence-electron chi connectivity index (χ3n) is 8.58. The monoisotopic (exact) mass is 482 g/mol. The van der Waals surface area contributed by atoms with Crippen molar-refractivity contribution in [1.29, 1.82) is 0 Å². The second-order valence-electron chi connectivity index (χ2n) is 10.6. The molecule has 7 aromatic carbocycles. The van der Waals surface area contributed by atoms with Crippen molar-refractivity contribution < 1.29 is 0 Å². The van der Waals surface area contributed by atoms with E-state index < -0.39 is 0 Å². The van der Waals surface area contributed by atoms with Crippen molar-refractivity contribution in [2.75, 3.05) is 0 Å². The molecule has 0 saturated heterocycles. The lowest BCUT2D eigenvalue weighted by molar-refractivity contribution is 0.769. The van der Waals surface area contributed by atoms with Gasteiger partial charge in [-0.2, -0.15) is 0 Å². The molecule has 7 aromatic rings. The summed E-state index contributed by atoms with van der Waals surface area (Å²) in [5, 5.41) is 7.86. The topological polar surface area (TPSA) is 0 Å². The van der Waals surface area contributed by atoms with E-state index in [0.29, 0.717) is 0 Å². The molecule has 0 heteroatoms. The first kappa shape index (κ1) is 21.4. The van der Waals surface area contributed by atoms with Gasteiger partial charge in [-0.1, -0.05) is 139 Å². The lowest BCUT2D eigenvalue weighted by Gasteiger charge is -2.34. The zero-order valence-electron chi connectivity index (χ0n) is 21.3. The van der Waals surface area contributed by atoms with Gasteiger partial charge in [-0.15, -0.1) is 0 Å². The summed E-state index contributed by atoms with van der Waals surface area (Å²) in [6, 6.07) is 51.9. The van der Waals surface area contributed by atoms with Gasteiger partial charge in [0.15, 0.2) is 0 Å². The summed E-state index contributed by atoms with van der Waals surface area (Å²) >= 11 is 0. The molecule has 0 fully saturated rings. The first-order valence-corrected chi connectivity index (χ1v) is 13.4. The Morgan fingerprint density at radius 2 is 0.921 bits per heavy atom. The summed E-state index contributed by atoms with van der Waals surface area (Å²) in [4.78, 5) is 0. The molecule has 0 spiro atoms. The van der Waals surface area contributed by atoms with Crippen molar-refractivity contribution in [2.45, 2.75) is 12.3 Å². The molecular formula is C38H26. The highest BCUT2D eigenvalue weighted by Crippen LogP contribution is 2.56. The van der Waals surface area contributed by atoms with Crippen LogP contribution in [-0.2, 0) is 5.41 Å². The third kappa shape index (κ3) is 2.75. The smallest absolute Gasteiger partial charge is 0.0622 e. The molecule has 1 aliphatic rings. The summed E-state index contributed by atoms with van der Waals surface area (Å²) in [6.45, 7) is 2.21. The number of benzene rings is 7. The molecular weight excluding hydrogens is 456 g/mol. The van der Waals surface area contributed by atoms with Crippen molar-refractivity contribution >= 4 is 32.3 Å². The van der Waals surface area contributed by atoms with Crippen molar-refractivity contribution in [2.24, 2.45) is 0 Å². The number of fused-ring (bicyclic) bond motifs is 9. The second kappa shape index (κ2) is 7.91. The van der Waals surface area contributed by atoms with Crippen LogP contribution in [0, 0.1) is 6.92 Å². The van der Waals surface area contributed by atoms with Gasteiger partial charge in [0, 0.05) is 0 Å². The molecule has 0 radical (unpaired) electrons. The van der Waals surface area contributed by atoms with Crippen LogP contribution in [0.1, 0.15) is 27.8 Å². The molecule has 38 heavy (non-hydrogen) atoms. The summed E-state index contributed by atoms with van der Waals surface area (Å²) in [6.07, 6.45) is 0. The van der Waals surface area contributed by atoms with Gasteiger partial charge in [0.25, 0.3) is 0 Å². The van der Waals surface area contributed by atoms with Crippen molar-refractivity contribution in [3.05, 3.63) is 167 Å². The first-order chi connectivity index (χ1) is 18.8. The largest absolute Gasteiger partial charge is 0.0713 e. The van der Waals surface area contributed by atoms with Gasteiger partial charge in [-0.3, -0.25) is 0 Å². The SMILES string of the molecule is Cc1ccc2c(c1)C(c1ccccc1)(c1ccc3c4ccccc4c4ccccc4c3c1)c1ccccc1-2. The molecule has 1 atom stereocenters. The number of hydrogen-bond donors (Lipinski definition) is 0. The van der Waals surface area contributed by atoms with Crippen LogP contribution in [0.2, 0.25) is 0 Å². The first-order valence-electron chi connectivity index (χ1n) is 13.4. The standard InChI is InChI=1S/C38H26/c1-25-19-21-34-33-17-9-10-18-36(33)38(37(34)23-25,26-11-3-2-4-12-26)27-20-22-32-30-15-6-5-13-28(30)29-14-7-8-16-31(29)35(32)24-27/h2-24H,1H3. The number of hydrogen-bond acceptors (Lipinski definition) is 0. The van der Waals surface area contributed by atoms with Crippen LogP contribution in [0.5, 0.6) is 0 Å². The maximum Gasteiger partial charge on any atom is 0.0713 e. The van der Waals surface area contributed by atoms with Crippen LogP contribution in [0.25, 0.3) is 43.4 Å². The lowest BCUT2D eigenvalue weighted by Crippen LogP contribution is -2.28. The molecule has 1 unspecified atom stereocenters. The van der Waals surface area contributed by atoms with E-state index in [9.17, 15) is 0 Å². The van der Waals surface area contributed by atoms with E-state index in [2.05, 4.69) is 146 Å². The van der Waals surface area contributed by atoms with Gasteiger partial charge in [0.1, 0.15) is 0 Å². The van der Waals surface area contributed by atoms with E-state index in [0.717, 1.165) is 0 Å². The van der Waals surface area contributed by atoms with Gasteiger partial charge in [0.05, 0.1) is 5.41 Å². The number of rotatable bonds is 2. The summed E-state index contributed by atoms with van der Waals surface area (Å²) in [5.74, 6) is 0. The van der Waals surface area contributed by atoms with Crippen molar-refractivity contribution in [1.82, 2.24) is 0 Å². The zero-order valence-corrected chi connectivity index (χ0v) is 21.3. The molecule has 0 bridgehead atoms. The molecule has 0 saturated carbocycles. The molecule has 8 rings (SSSR count). The molecule has 0 aliphatic heterocycles. The minimum Gasteiger partial charge on any atom is -0.0622 e. The summed E-state index contributed by atoms with van der Waals surface area (Å²) in [7, 11) is 0. The van der Waals surface area contributed by atoms with E-state index in [1.54, 1.807) is 0 Å². The molecule has 178 valence electrons. The molecule has 0 nitrogen and oxygen atoms in total. The Kier molecular flexibility index (Phi) is 4.46. The fourth-order valence-corrected chi connectivity index (χ4v) is 7.01. The molecule has 0 aromatic heterocycles. The Morgan fingerprint density at radius 3 is 1.63 bits per heavy atom. The average Bonchev–Trinajstić information content (AvgIpc) is 3.28. The summed E-state index contributed by atoms with van der Waals surface area (Å²) < 4.78 is 0. The quantitative estimate of drug-likeness (QED) is 0.215. The minimum atomic E-state index is -0.389. The highest BCUT2D eigenvalue weighted by molar-refractivity contribution is 6.25. The van der Waals surface area contributed by atoms with Crippen LogP contribution in [0.4, 0.5) is 0 Å². The normalized spacial score (nSPS) is 16.1. The molecule has 0 heterocycles. The second-order valence-corrected chi connectivity index (χ2v) is 10.6. The Labute approximate surface area is 222 Å². The third-order valence-corrected chi connectivity index (χ3v) is 8.58. The van der Waals surface area contributed by atoms with Gasteiger partial charge in [-0.05, 0) is 78.7 Å². The fourth-order valence-electron chi connectivity index (χ4n) is 7.01. The van der Waals surface area contributed by atoms with E-state index in [1.807, 2.05) is 0 Å². The van der Waals surface area contributed by atoms with Crippen LogP contribution in [0.3, 0.4) is 0 Å². The van der Waals surface area contributed by atoms with Gasteiger partial charge >= 0.3 is 0 Å². The maximum atomic E-state index is 2.48. The average molecular weight is 483 g/mol. The van der Waals surface area contributed by atoms with E-state index in [4.69, 9.17) is 0 Å². The Hall–Kier alpha value is -4.68. The maximum absolute atomic E-state index is 2.48. The van der Waals surface area contributed by atoms with Gasteiger partial charge in [-0.25, -0.2) is 0 Å². The lowest BCUT2D eigenvalue weighted by atomic mass is 9.67. The van der Waals surface area contributed by atoms with Crippen LogP contribution in [-0.4, -0.2) is 0 Å². The van der Waals surface area contributed by atoms with Gasteiger partial charge < -0.3 is 0 Å². The van der Waals surface area contributed by atoms with E-state index >= 15 is 0 Å². The van der Waals surface area contributed by atoms with E-state index in [1.165, 1.54) is 71.3 Å². The highest BCUT2D eigenvalue weighted by Gasteiger charge is 2.46. The van der Waals surface area contributed by atoms with Crippen LogP contribution < -0.4 is 0 Å². The van der Waals surface area contributed by atoms with Crippen molar-refractivity contribution in [3.8, 4) is 11.1 Å². The molecule has 0 amide bonds. The Bertz CT molecular complexity index is 1990. The molecule has 0 N–H and O–H groups in total. The predicted octanol–water partition coefficient (Wildman–Crippen LogP) is 9.82. The molecule has 1 aliphatic carbocycles. The fraction of sp³-hybridized carbons (Fsp3) is 0.0526. The van der Waals surface area contributed by atoms with E-state index in [-0.39, 0.29) is 5.41 Å². The zero-order chi connectivity index (χ0) is 25.3. The van der Waals surface area contributed by atoms with Crippen LogP contribution >= 0.6 is 0 Å². The minimum absolute atomic E-state index is 0.389. The predicted molar refractivity (Wildman–Crippen MR) is 161 cm³/mol. The van der Waals surface area contributed by atoms with Gasteiger partial charge in [0.2, 0.25) is 0 Å². The summed E-state index contributed by atoms with van der Waals surface area (Å²) in [5.41, 5.74) is 8.91. The Balaban J connectivity index is 1.57. The highest BCUT2D eigenvalue weighted by atomic mass is 14.5. The van der Waals surface area contributed by atoms with Crippen molar-refractivity contribution in [3.63, 3.8) is 0 Å². The number of aryl methyl sites for hydroxylation is 1.